The number of aromatic nitrogens is 1. The molecule has 0 bridgehead atoms. The third-order valence-corrected chi connectivity index (χ3v) is 3.80. The van der Waals surface area contributed by atoms with Gasteiger partial charge in [-0.2, -0.15) is 0 Å². The van der Waals surface area contributed by atoms with Gasteiger partial charge in [0.15, 0.2) is 5.78 Å². The third-order valence-electron chi connectivity index (χ3n) is 3.80. The van der Waals surface area contributed by atoms with Crippen molar-refractivity contribution in [2.75, 3.05) is 13.1 Å². The highest BCUT2D eigenvalue weighted by Gasteiger charge is 2.25. The molecule has 0 saturated carbocycles. The molecule has 0 atom stereocenters. The lowest BCUT2D eigenvalue weighted by Gasteiger charge is -2.30. The number of Topliss-reactive ketones (excluding diaryl/α,β-unsaturated/α-hetero) is 1. The number of likely N-dealkylation sites (tertiary alicyclic amines) is 1. The van der Waals surface area contributed by atoms with Crippen LogP contribution in [0, 0.1) is 5.92 Å². The van der Waals surface area contributed by atoms with Crippen LogP contribution in [0.4, 0.5) is 0 Å². The normalized spacial score (nSPS) is 15.7. The lowest BCUT2D eigenvalue weighted by atomic mass is 9.96. The van der Waals surface area contributed by atoms with Crippen LogP contribution in [0.25, 0.3) is 0 Å². The molecule has 0 radical (unpaired) electrons. The molecule has 0 aliphatic carbocycles. The predicted octanol–water partition coefficient (Wildman–Crippen LogP) is 0.768. The molecule has 2 heterocycles. The Hall–Kier alpha value is -2.24. The molecular weight excluding hydrogens is 270 g/mol. The SMILES string of the molecule is NC(=O)C1CCN(C(=O)CCC(=O)c2cccnc2)CC1. The number of hydrogen-bond donors (Lipinski definition) is 1. The van der Waals surface area contributed by atoms with Crippen molar-refractivity contribution in [1.82, 2.24) is 9.88 Å². The Morgan fingerprint density at radius 2 is 1.95 bits per heavy atom. The van der Waals surface area contributed by atoms with Crippen molar-refractivity contribution in [3.8, 4) is 0 Å². The standard InChI is InChI=1S/C15H19N3O3/c16-15(21)11-5-8-18(9-6-11)14(20)4-3-13(19)12-2-1-7-17-10-12/h1-2,7,10-11H,3-6,8-9H2,(H2,16,21). The molecule has 0 spiro atoms. The summed E-state index contributed by atoms with van der Waals surface area (Å²) in [4.78, 5) is 40.6. The van der Waals surface area contributed by atoms with E-state index in [2.05, 4.69) is 4.98 Å². The van der Waals surface area contributed by atoms with Gasteiger partial charge in [0.2, 0.25) is 11.8 Å². The summed E-state index contributed by atoms with van der Waals surface area (Å²) in [5.41, 5.74) is 5.78. The summed E-state index contributed by atoms with van der Waals surface area (Å²) in [5.74, 6) is -0.557. The number of primary amides is 1. The minimum absolute atomic E-state index is 0.0461. The Balaban J connectivity index is 1.78. The summed E-state index contributed by atoms with van der Waals surface area (Å²) in [6, 6.07) is 3.39. The summed E-state index contributed by atoms with van der Waals surface area (Å²) in [6.07, 6.45) is 4.69. The van der Waals surface area contributed by atoms with Crippen molar-refractivity contribution in [3.63, 3.8) is 0 Å². The quantitative estimate of drug-likeness (QED) is 0.810. The van der Waals surface area contributed by atoms with Gasteiger partial charge in [-0.1, -0.05) is 0 Å². The van der Waals surface area contributed by atoms with E-state index in [1.807, 2.05) is 0 Å². The molecular formula is C15H19N3O3. The molecule has 21 heavy (non-hydrogen) atoms. The van der Waals surface area contributed by atoms with Gasteiger partial charge in [0.05, 0.1) is 0 Å². The van der Waals surface area contributed by atoms with Gasteiger partial charge in [-0.15, -0.1) is 0 Å². The largest absolute Gasteiger partial charge is 0.369 e. The minimum Gasteiger partial charge on any atom is -0.369 e. The monoisotopic (exact) mass is 289 g/mol. The van der Waals surface area contributed by atoms with E-state index >= 15 is 0 Å². The molecule has 6 nitrogen and oxygen atoms in total. The van der Waals surface area contributed by atoms with E-state index in [9.17, 15) is 14.4 Å². The predicted molar refractivity (Wildman–Crippen MR) is 76.3 cm³/mol. The van der Waals surface area contributed by atoms with E-state index in [0.717, 1.165) is 0 Å². The maximum atomic E-state index is 12.1. The lowest BCUT2D eigenvalue weighted by molar-refractivity contribution is -0.134. The molecule has 0 aromatic carbocycles. The molecule has 1 aliphatic heterocycles. The average molecular weight is 289 g/mol. The summed E-state index contributed by atoms with van der Waals surface area (Å²) in [6.45, 7) is 1.07. The molecule has 112 valence electrons. The van der Waals surface area contributed by atoms with Gasteiger partial charge in [0.1, 0.15) is 0 Å². The van der Waals surface area contributed by atoms with Gasteiger partial charge in [-0.25, -0.2) is 0 Å². The highest BCUT2D eigenvalue weighted by molar-refractivity contribution is 5.97. The van der Waals surface area contributed by atoms with Crippen LogP contribution in [0.3, 0.4) is 0 Å². The molecule has 1 aliphatic rings. The number of carbonyl (C=O) groups excluding carboxylic acids is 3. The molecule has 2 N–H and O–H groups in total. The topological polar surface area (TPSA) is 93.4 Å². The average Bonchev–Trinajstić information content (AvgIpc) is 2.53. The fourth-order valence-electron chi connectivity index (χ4n) is 2.46. The van der Waals surface area contributed by atoms with E-state index < -0.39 is 0 Å². The second-order valence-electron chi connectivity index (χ2n) is 5.22. The Kier molecular flexibility index (Phi) is 5.03. The van der Waals surface area contributed by atoms with Crippen LogP contribution in [0.5, 0.6) is 0 Å². The molecule has 2 rings (SSSR count). The van der Waals surface area contributed by atoms with Gasteiger partial charge in [0.25, 0.3) is 0 Å². The number of rotatable bonds is 5. The smallest absolute Gasteiger partial charge is 0.223 e. The van der Waals surface area contributed by atoms with E-state index in [-0.39, 0.29) is 36.4 Å². The van der Waals surface area contributed by atoms with Gasteiger partial charge in [-0.3, -0.25) is 19.4 Å². The Morgan fingerprint density at radius 3 is 2.52 bits per heavy atom. The number of nitrogens with zero attached hydrogens (tertiary/aromatic N) is 2. The second-order valence-corrected chi connectivity index (χ2v) is 5.22. The molecule has 1 saturated heterocycles. The first-order valence-corrected chi connectivity index (χ1v) is 7.08. The van der Waals surface area contributed by atoms with Crippen LogP contribution >= 0.6 is 0 Å². The fraction of sp³-hybridized carbons (Fsp3) is 0.467. The zero-order valence-corrected chi connectivity index (χ0v) is 11.8. The molecule has 6 heteroatoms. The molecule has 1 aromatic rings. The van der Waals surface area contributed by atoms with Crippen molar-refractivity contribution in [2.45, 2.75) is 25.7 Å². The van der Waals surface area contributed by atoms with Gasteiger partial charge < -0.3 is 10.6 Å². The van der Waals surface area contributed by atoms with Crippen molar-refractivity contribution < 1.29 is 14.4 Å². The maximum absolute atomic E-state index is 12.1. The van der Waals surface area contributed by atoms with E-state index in [4.69, 9.17) is 5.73 Å². The zero-order chi connectivity index (χ0) is 15.2. The van der Waals surface area contributed by atoms with Crippen LogP contribution in [0.2, 0.25) is 0 Å². The Labute approximate surface area is 123 Å². The first-order chi connectivity index (χ1) is 10.1. The van der Waals surface area contributed by atoms with Crippen LogP contribution in [0.15, 0.2) is 24.5 Å². The summed E-state index contributed by atoms with van der Waals surface area (Å²) in [5, 5.41) is 0. The van der Waals surface area contributed by atoms with Crippen LogP contribution in [0.1, 0.15) is 36.0 Å². The third kappa shape index (κ3) is 4.11. The van der Waals surface area contributed by atoms with Crippen molar-refractivity contribution >= 4 is 17.6 Å². The van der Waals surface area contributed by atoms with Crippen molar-refractivity contribution in [3.05, 3.63) is 30.1 Å². The molecule has 1 aromatic heterocycles. The van der Waals surface area contributed by atoms with E-state index in [1.54, 1.807) is 23.2 Å². The number of pyridine rings is 1. The minimum atomic E-state index is -0.297. The van der Waals surface area contributed by atoms with Gasteiger partial charge in [0, 0.05) is 49.8 Å². The number of carbonyl (C=O) groups is 3. The highest BCUT2D eigenvalue weighted by Crippen LogP contribution is 2.17. The molecule has 1 fully saturated rings. The maximum Gasteiger partial charge on any atom is 0.223 e. The summed E-state index contributed by atoms with van der Waals surface area (Å²) in [7, 11) is 0. The number of hydrogen-bond acceptors (Lipinski definition) is 4. The number of ketones is 1. The molecule has 2 amide bonds. The lowest BCUT2D eigenvalue weighted by Crippen LogP contribution is -2.41. The fourth-order valence-corrected chi connectivity index (χ4v) is 2.46. The van der Waals surface area contributed by atoms with Crippen LogP contribution in [-0.4, -0.2) is 40.6 Å². The van der Waals surface area contributed by atoms with E-state index in [0.29, 0.717) is 31.5 Å². The van der Waals surface area contributed by atoms with E-state index in [1.165, 1.54) is 6.20 Å². The zero-order valence-electron chi connectivity index (χ0n) is 11.8. The van der Waals surface area contributed by atoms with Crippen LogP contribution < -0.4 is 5.73 Å². The number of nitrogens with two attached hydrogens (primary N) is 1. The van der Waals surface area contributed by atoms with Crippen molar-refractivity contribution in [1.29, 1.82) is 0 Å². The summed E-state index contributed by atoms with van der Waals surface area (Å²) < 4.78 is 0. The Morgan fingerprint density at radius 1 is 1.24 bits per heavy atom. The summed E-state index contributed by atoms with van der Waals surface area (Å²) >= 11 is 0. The van der Waals surface area contributed by atoms with Gasteiger partial charge >= 0.3 is 0 Å². The number of piperidine rings is 1. The first-order valence-electron chi connectivity index (χ1n) is 7.08. The molecule has 0 unspecified atom stereocenters. The number of amides is 2. The van der Waals surface area contributed by atoms with Crippen molar-refractivity contribution in [2.24, 2.45) is 11.7 Å². The van der Waals surface area contributed by atoms with Crippen LogP contribution in [-0.2, 0) is 9.59 Å². The highest BCUT2D eigenvalue weighted by atomic mass is 16.2. The second kappa shape index (κ2) is 6.97. The first kappa shape index (κ1) is 15.2. The van der Waals surface area contributed by atoms with Gasteiger partial charge in [-0.05, 0) is 25.0 Å². The Bertz CT molecular complexity index is 522.